The second-order valence-corrected chi connectivity index (χ2v) is 4.94. The fourth-order valence-corrected chi connectivity index (χ4v) is 2.20. The van der Waals surface area contributed by atoms with Crippen molar-refractivity contribution < 1.29 is 4.79 Å². The first-order valence-corrected chi connectivity index (χ1v) is 6.78. The van der Waals surface area contributed by atoms with Crippen LogP contribution in [0.4, 0.5) is 5.82 Å². The van der Waals surface area contributed by atoms with Gasteiger partial charge in [0.15, 0.2) is 0 Å². The minimum Gasteiger partial charge on any atom is -0.305 e. The van der Waals surface area contributed by atoms with Gasteiger partial charge in [-0.3, -0.25) is 18.7 Å². The number of hydrogen-bond acceptors (Lipinski definition) is 5. The molecule has 0 spiro atoms. The first kappa shape index (κ1) is 14.6. The van der Waals surface area contributed by atoms with Gasteiger partial charge in [0.1, 0.15) is 17.2 Å². The molecule has 8 heteroatoms. The summed E-state index contributed by atoms with van der Waals surface area (Å²) in [4.78, 5) is 44.4. The highest BCUT2D eigenvalue weighted by Crippen LogP contribution is 2.08. The minimum atomic E-state index is -0.503. The fraction of sp³-hybridized carbons (Fsp3) is 0.133. The van der Waals surface area contributed by atoms with Gasteiger partial charge in [-0.05, 0) is 24.3 Å². The van der Waals surface area contributed by atoms with Crippen LogP contribution < -0.4 is 16.6 Å². The van der Waals surface area contributed by atoms with Crippen molar-refractivity contribution >= 4 is 22.8 Å². The first-order valence-electron chi connectivity index (χ1n) is 6.78. The Bertz CT molecular complexity index is 1020. The topological polar surface area (TPSA) is 98.9 Å². The zero-order chi connectivity index (χ0) is 16.6. The molecule has 0 aliphatic rings. The van der Waals surface area contributed by atoms with E-state index >= 15 is 0 Å². The zero-order valence-corrected chi connectivity index (χ0v) is 12.5. The van der Waals surface area contributed by atoms with Crippen LogP contribution in [-0.2, 0) is 14.1 Å². The predicted octanol–water partition coefficient (Wildman–Crippen LogP) is 0.279. The third-order valence-corrected chi connectivity index (χ3v) is 3.44. The highest BCUT2D eigenvalue weighted by molar-refractivity contribution is 6.03. The van der Waals surface area contributed by atoms with E-state index in [9.17, 15) is 14.4 Å². The molecule has 0 aliphatic carbocycles. The van der Waals surface area contributed by atoms with E-state index in [1.165, 1.54) is 30.8 Å². The number of anilines is 1. The molecule has 0 fully saturated rings. The summed E-state index contributed by atoms with van der Waals surface area (Å²) >= 11 is 0. The van der Waals surface area contributed by atoms with E-state index < -0.39 is 17.2 Å². The normalized spacial score (nSPS) is 10.7. The Morgan fingerprint density at radius 1 is 1.09 bits per heavy atom. The van der Waals surface area contributed by atoms with Crippen LogP contribution in [0.25, 0.3) is 11.0 Å². The molecule has 1 amide bonds. The van der Waals surface area contributed by atoms with Crippen LogP contribution in [0.1, 0.15) is 10.5 Å². The lowest BCUT2D eigenvalue weighted by Crippen LogP contribution is -2.37. The van der Waals surface area contributed by atoms with Crippen molar-refractivity contribution in [2.45, 2.75) is 0 Å². The Morgan fingerprint density at radius 3 is 2.57 bits per heavy atom. The van der Waals surface area contributed by atoms with Crippen LogP contribution >= 0.6 is 0 Å². The molecule has 0 atom stereocenters. The Kier molecular flexibility index (Phi) is 3.49. The number of carbonyl (C=O) groups excluding carboxylic acids is 1. The van der Waals surface area contributed by atoms with E-state index in [-0.39, 0.29) is 16.7 Å². The van der Waals surface area contributed by atoms with Crippen LogP contribution in [-0.4, -0.2) is 25.0 Å². The molecule has 23 heavy (non-hydrogen) atoms. The van der Waals surface area contributed by atoms with Crippen molar-refractivity contribution in [1.29, 1.82) is 0 Å². The van der Waals surface area contributed by atoms with Gasteiger partial charge in [0.2, 0.25) is 0 Å². The smallest absolute Gasteiger partial charge is 0.305 e. The summed E-state index contributed by atoms with van der Waals surface area (Å²) in [6, 6.07) is 8.04. The maximum atomic E-state index is 12.2. The lowest BCUT2D eigenvalue weighted by molar-refractivity contribution is 0.102. The second kappa shape index (κ2) is 5.48. The summed E-state index contributed by atoms with van der Waals surface area (Å²) in [5, 5.41) is 2.87. The predicted molar refractivity (Wildman–Crippen MR) is 84.4 cm³/mol. The van der Waals surface area contributed by atoms with Gasteiger partial charge in [-0.15, -0.1) is 0 Å². The number of aryl methyl sites for hydroxylation is 1. The summed E-state index contributed by atoms with van der Waals surface area (Å²) in [5.74, 6) is -0.0870. The fourth-order valence-electron chi connectivity index (χ4n) is 2.20. The third kappa shape index (κ3) is 2.50. The van der Waals surface area contributed by atoms with Crippen LogP contribution in [0.5, 0.6) is 0 Å². The maximum absolute atomic E-state index is 12.2. The van der Waals surface area contributed by atoms with E-state index in [1.54, 1.807) is 24.4 Å². The maximum Gasteiger partial charge on any atom is 0.332 e. The summed E-state index contributed by atoms with van der Waals surface area (Å²) in [5.41, 5.74) is -0.706. The van der Waals surface area contributed by atoms with Crippen molar-refractivity contribution in [3.05, 3.63) is 63.1 Å². The van der Waals surface area contributed by atoms with Gasteiger partial charge in [0, 0.05) is 20.3 Å². The second-order valence-electron chi connectivity index (χ2n) is 4.94. The SMILES string of the molecule is Cn1c(=O)c2ccc(C(=O)Nc3ccccn3)nc2n(C)c1=O. The third-order valence-electron chi connectivity index (χ3n) is 3.44. The Labute approximate surface area is 130 Å². The molecule has 0 saturated carbocycles. The summed E-state index contributed by atoms with van der Waals surface area (Å²) in [6.45, 7) is 0. The molecule has 3 rings (SSSR count). The largest absolute Gasteiger partial charge is 0.332 e. The van der Waals surface area contributed by atoms with E-state index in [0.29, 0.717) is 5.82 Å². The average molecular weight is 311 g/mol. The molecule has 0 radical (unpaired) electrons. The van der Waals surface area contributed by atoms with E-state index in [1.807, 2.05) is 0 Å². The van der Waals surface area contributed by atoms with Crippen molar-refractivity contribution in [1.82, 2.24) is 19.1 Å². The number of rotatable bonds is 2. The van der Waals surface area contributed by atoms with E-state index in [4.69, 9.17) is 0 Å². The van der Waals surface area contributed by atoms with Gasteiger partial charge >= 0.3 is 5.69 Å². The molecular weight excluding hydrogens is 298 g/mol. The lowest BCUT2D eigenvalue weighted by Gasteiger charge is -2.08. The number of nitrogens with zero attached hydrogens (tertiary/aromatic N) is 4. The Morgan fingerprint density at radius 2 is 1.87 bits per heavy atom. The molecule has 0 bridgehead atoms. The van der Waals surface area contributed by atoms with Gasteiger partial charge < -0.3 is 5.32 Å². The van der Waals surface area contributed by atoms with Crippen LogP contribution in [0.2, 0.25) is 0 Å². The molecule has 3 aromatic rings. The van der Waals surface area contributed by atoms with Gasteiger partial charge in [-0.1, -0.05) is 6.07 Å². The van der Waals surface area contributed by atoms with Crippen LogP contribution in [0.3, 0.4) is 0 Å². The molecule has 8 nitrogen and oxygen atoms in total. The van der Waals surface area contributed by atoms with Crippen molar-refractivity contribution in [2.24, 2.45) is 14.1 Å². The van der Waals surface area contributed by atoms with Crippen molar-refractivity contribution in [3.8, 4) is 0 Å². The monoisotopic (exact) mass is 311 g/mol. The number of pyridine rings is 2. The van der Waals surface area contributed by atoms with E-state index in [0.717, 1.165) is 4.57 Å². The van der Waals surface area contributed by atoms with Gasteiger partial charge in [-0.25, -0.2) is 14.8 Å². The van der Waals surface area contributed by atoms with Crippen LogP contribution in [0, 0.1) is 0 Å². The first-order chi connectivity index (χ1) is 11.0. The quantitative estimate of drug-likeness (QED) is 0.733. The summed E-state index contributed by atoms with van der Waals surface area (Å²) in [7, 11) is 2.89. The van der Waals surface area contributed by atoms with Gasteiger partial charge in [0.25, 0.3) is 11.5 Å². The van der Waals surface area contributed by atoms with Crippen LogP contribution in [0.15, 0.2) is 46.1 Å². The molecule has 0 aliphatic heterocycles. The molecular formula is C15H13N5O3. The molecule has 3 heterocycles. The molecule has 0 aromatic carbocycles. The Balaban J connectivity index is 2.09. The summed E-state index contributed by atoms with van der Waals surface area (Å²) in [6.07, 6.45) is 1.55. The highest BCUT2D eigenvalue weighted by atomic mass is 16.2. The van der Waals surface area contributed by atoms with Gasteiger partial charge in [-0.2, -0.15) is 0 Å². The standard InChI is InChI=1S/C15H13N5O3/c1-19-12-9(14(22)20(2)15(19)23)6-7-10(17-12)13(21)18-11-5-3-4-8-16-11/h3-8H,1-2H3,(H,16,18,21). The number of carbonyl (C=O) groups is 1. The number of fused-ring (bicyclic) bond motifs is 1. The van der Waals surface area contributed by atoms with Gasteiger partial charge in [0.05, 0.1) is 5.39 Å². The lowest BCUT2D eigenvalue weighted by atomic mass is 10.2. The van der Waals surface area contributed by atoms with E-state index in [2.05, 4.69) is 15.3 Å². The number of aromatic nitrogens is 4. The molecule has 1 N–H and O–H groups in total. The van der Waals surface area contributed by atoms with Crippen molar-refractivity contribution in [3.63, 3.8) is 0 Å². The molecule has 116 valence electrons. The average Bonchev–Trinajstić information content (AvgIpc) is 2.58. The molecule has 0 saturated heterocycles. The number of amides is 1. The minimum absolute atomic E-state index is 0.0893. The number of hydrogen-bond donors (Lipinski definition) is 1. The van der Waals surface area contributed by atoms with Crippen molar-refractivity contribution in [2.75, 3.05) is 5.32 Å². The number of nitrogens with one attached hydrogen (secondary N) is 1. The zero-order valence-electron chi connectivity index (χ0n) is 12.5. The summed E-state index contributed by atoms with van der Waals surface area (Å²) < 4.78 is 2.23. The molecule has 3 aromatic heterocycles. The molecule has 0 unspecified atom stereocenters. The highest BCUT2D eigenvalue weighted by Gasteiger charge is 2.14. The Hall–Kier alpha value is -3.29.